The van der Waals surface area contributed by atoms with E-state index in [0.717, 1.165) is 32.7 Å². The average molecular weight is 690 g/mol. The van der Waals surface area contributed by atoms with Crippen LogP contribution in [0.1, 0.15) is 22.8 Å². The minimum atomic E-state index is -0.429. The number of carbonyl (C=O) groups excluding carboxylic acids is 3. The predicted molar refractivity (Wildman–Crippen MR) is 188 cm³/mol. The number of rotatable bonds is 7. The summed E-state index contributed by atoms with van der Waals surface area (Å²) in [6.07, 6.45) is 0.776. The molecule has 2 bridgehead atoms. The Morgan fingerprint density at radius 3 is 2.43 bits per heavy atom. The number of methoxy groups -OCH3 is 1. The second-order valence-electron chi connectivity index (χ2n) is 13.1. The number of H-pyrrole nitrogens is 1. The molecule has 1 aromatic heterocycles. The van der Waals surface area contributed by atoms with Crippen LogP contribution in [0.25, 0.3) is 10.8 Å². The van der Waals surface area contributed by atoms with Gasteiger partial charge in [-0.1, -0.05) is 59.9 Å². The summed E-state index contributed by atoms with van der Waals surface area (Å²) >= 11 is 2.83. The number of fused-ring (bicyclic) bond motifs is 10. The molecule has 4 aromatic carbocycles. The van der Waals surface area contributed by atoms with Gasteiger partial charge in [0.25, 0.3) is 5.91 Å². The summed E-state index contributed by atoms with van der Waals surface area (Å²) < 4.78 is 11.5. The van der Waals surface area contributed by atoms with Gasteiger partial charge in [0.05, 0.1) is 29.7 Å². The molecule has 49 heavy (non-hydrogen) atoms. The number of para-hydroxylation sites is 1. The van der Waals surface area contributed by atoms with Gasteiger partial charge >= 0.3 is 4.87 Å². The van der Waals surface area contributed by atoms with Crippen LogP contribution in [0.15, 0.2) is 101 Å². The number of hydrogen-bond donors (Lipinski definition) is 2. The maximum atomic E-state index is 14.1. The van der Waals surface area contributed by atoms with Crippen molar-refractivity contribution in [2.24, 2.45) is 29.6 Å². The Morgan fingerprint density at radius 2 is 1.63 bits per heavy atom. The van der Waals surface area contributed by atoms with Gasteiger partial charge < -0.3 is 19.8 Å². The fraction of sp³-hybridized carbons (Fsp3) is 0.263. The maximum absolute atomic E-state index is 14.1. The van der Waals surface area contributed by atoms with E-state index < -0.39 is 11.8 Å². The zero-order valence-electron chi connectivity index (χ0n) is 26.3. The lowest BCUT2D eigenvalue weighted by Gasteiger charge is -2.43. The number of thiazole rings is 1. The van der Waals surface area contributed by atoms with Crippen molar-refractivity contribution in [1.29, 1.82) is 0 Å². The summed E-state index contributed by atoms with van der Waals surface area (Å²) in [7, 11) is 1.58. The summed E-state index contributed by atoms with van der Waals surface area (Å²) in [4.78, 5) is 59.2. The van der Waals surface area contributed by atoms with Crippen LogP contribution in [-0.4, -0.2) is 41.7 Å². The Bertz CT molecular complexity index is 2210. The molecule has 9 rings (SSSR count). The number of nitrogens with zero attached hydrogens (tertiary/aromatic N) is 1. The molecule has 3 amide bonds. The predicted octanol–water partition coefficient (Wildman–Crippen LogP) is 6.29. The van der Waals surface area contributed by atoms with Crippen molar-refractivity contribution in [2.45, 2.75) is 22.6 Å². The van der Waals surface area contributed by atoms with Crippen molar-refractivity contribution in [3.63, 3.8) is 0 Å². The van der Waals surface area contributed by atoms with E-state index in [4.69, 9.17) is 9.47 Å². The van der Waals surface area contributed by atoms with E-state index in [1.807, 2.05) is 66.7 Å². The van der Waals surface area contributed by atoms with Crippen molar-refractivity contribution in [3.8, 4) is 11.5 Å². The molecule has 0 radical (unpaired) electrons. The normalized spacial score (nSPS) is 26.4. The maximum Gasteiger partial charge on any atom is 0.305 e. The average Bonchev–Trinajstić information content (AvgIpc) is 3.86. The van der Waals surface area contributed by atoms with Gasteiger partial charge in [-0.2, -0.15) is 0 Å². The lowest BCUT2D eigenvalue weighted by Crippen LogP contribution is -2.42. The highest BCUT2D eigenvalue weighted by Gasteiger charge is 2.69. The number of ether oxygens (including phenoxy) is 2. The van der Waals surface area contributed by atoms with Crippen LogP contribution in [0.3, 0.4) is 0 Å². The van der Waals surface area contributed by atoms with Crippen LogP contribution in [0.5, 0.6) is 11.5 Å². The molecule has 2 aliphatic carbocycles. The van der Waals surface area contributed by atoms with Gasteiger partial charge in [-0.15, -0.1) is 11.8 Å². The van der Waals surface area contributed by atoms with Crippen molar-refractivity contribution >= 4 is 63.0 Å². The van der Waals surface area contributed by atoms with Gasteiger partial charge in [0.2, 0.25) is 11.8 Å². The Labute approximate surface area is 289 Å². The summed E-state index contributed by atoms with van der Waals surface area (Å²) in [5.41, 5.74) is 2.12. The largest absolute Gasteiger partial charge is 0.497 e. The van der Waals surface area contributed by atoms with E-state index in [2.05, 4.69) is 10.3 Å². The van der Waals surface area contributed by atoms with E-state index in [-0.39, 0.29) is 58.1 Å². The van der Waals surface area contributed by atoms with Crippen molar-refractivity contribution in [2.75, 3.05) is 23.9 Å². The number of benzene rings is 4. The molecule has 2 N–H and O–H groups in total. The molecule has 11 heteroatoms. The Balaban J connectivity index is 1.02. The van der Waals surface area contributed by atoms with Crippen molar-refractivity contribution in [1.82, 2.24) is 4.98 Å². The van der Waals surface area contributed by atoms with Gasteiger partial charge in [-0.3, -0.25) is 24.1 Å². The number of aromatic nitrogens is 1. The third kappa shape index (κ3) is 4.81. The third-order valence-electron chi connectivity index (χ3n) is 10.7. The molecule has 2 aliphatic heterocycles. The highest BCUT2D eigenvalue weighted by Crippen LogP contribution is 2.69. The quantitative estimate of drug-likeness (QED) is 0.193. The van der Waals surface area contributed by atoms with Gasteiger partial charge in [-0.25, -0.2) is 0 Å². The first kappa shape index (κ1) is 30.2. The summed E-state index contributed by atoms with van der Waals surface area (Å²) in [6.45, 7) is -0.198. The van der Waals surface area contributed by atoms with Crippen LogP contribution >= 0.6 is 23.1 Å². The second-order valence-corrected chi connectivity index (χ2v) is 15.3. The van der Waals surface area contributed by atoms with Crippen LogP contribution < -0.4 is 24.6 Å². The molecule has 1 saturated heterocycles. The lowest BCUT2D eigenvalue weighted by atomic mass is 9.68. The number of amides is 3. The smallest absolute Gasteiger partial charge is 0.305 e. The molecule has 9 nitrogen and oxygen atoms in total. The van der Waals surface area contributed by atoms with Crippen LogP contribution in [0.4, 0.5) is 11.4 Å². The van der Waals surface area contributed by atoms with E-state index in [0.29, 0.717) is 22.9 Å². The fourth-order valence-electron chi connectivity index (χ4n) is 8.83. The van der Waals surface area contributed by atoms with Crippen LogP contribution in [0.2, 0.25) is 0 Å². The number of carbonyl (C=O) groups is 3. The van der Waals surface area contributed by atoms with Gasteiger partial charge in [0.1, 0.15) is 11.5 Å². The number of anilines is 2. The molecule has 0 spiro atoms. The Kier molecular flexibility index (Phi) is 7.17. The zero-order valence-corrected chi connectivity index (χ0v) is 28.0. The molecule has 2 saturated carbocycles. The van der Waals surface area contributed by atoms with Crippen LogP contribution in [-0.2, 0) is 14.4 Å². The number of hydrogen-bond acceptors (Lipinski definition) is 8. The standard InChI is InChI=1S/C38H31N3O6S2/c1-46-23-14-12-22(13-15-23)41-36(43)31-25-17-26(32(31)37(41)44)33-30(25)29(34-35(48-33)40-38(45)49-34)24-8-4-5-9-27(24)47-18-28(42)39-21-11-10-19-6-2-3-7-20(19)16-21/h2-16,25-26,29-33H,17-18H2,1H3,(H,39,42)(H,40,45)/t25?,26?,29-,30?,31?,32?,33?/m1/s1. The minimum Gasteiger partial charge on any atom is -0.497 e. The first-order valence-corrected chi connectivity index (χ1v) is 18.0. The molecule has 3 heterocycles. The molecule has 5 aromatic rings. The molecule has 246 valence electrons. The van der Waals surface area contributed by atoms with Gasteiger partial charge in [-0.05, 0) is 77.4 Å². The molecule has 3 fully saturated rings. The molecule has 6 unspecified atom stereocenters. The van der Waals surface area contributed by atoms with E-state index in [1.165, 1.54) is 16.2 Å². The zero-order chi connectivity index (χ0) is 33.4. The number of aromatic amines is 1. The van der Waals surface area contributed by atoms with Gasteiger partial charge in [0.15, 0.2) is 6.61 Å². The van der Waals surface area contributed by atoms with Crippen molar-refractivity contribution in [3.05, 3.63) is 111 Å². The third-order valence-corrected chi connectivity index (χ3v) is 13.3. The first-order valence-electron chi connectivity index (χ1n) is 16.3. The second kappa shape index (κ2) is 11.6. The summed E-state index contributed by atoms with van der Waals surface area (Å²) in [5.74, 6) is -0.494. The van der Waals surface area contributed by atoms with E-state index >= 15 is 0 Å². The molecule has 7 atom stereocenters. The monoisotopic (exact) mass is 689 g/mol. The highest BCUT2D eigenvalue weighted by atomic mass is 32.2. The Morgan fingerprint density at radius 1 is 0.898 bits per heavy atom. The summed E-state index contributed by atoms with van der Waals surface area (Å²) in [5, 5.41) is 5.91. The first-order chi connectivity index (χ1) is 23.9. The molecular weight excluding hydrogens is 659 g/mol. The number of nitrogens with one attached hydrogen (secondary N) is 2. The Hall–Kier alpha value is -4.87. The topological polar surface area (TPSA) is 118 Å². The summed E-state index contributed by atoms with van der Waals surface area (Å²) in [6, 6.07) is 28.4. The minimum absolute atomic E-state index is 0.000978. The number of imide groups is 1. The molecule has 4 aliphatic rings. The lowest BCUT2D eigenvalue weighted by molar-refractivity contribution is -0.123. The molecular formula is C38H31N3O6S2. The SMILES string of the molecule is COc1ccc(N2C(=O)C3C4CC(C3C2=O)C2C4Sc3[nH]c(=O)sc3[C@@H]2c2ccccc2OCC(=O)Nc2ccc3ccccc3c2)cc1. The highest BCUT2D eigenvalue weighted by molar-refractivity contribution is 8.00. The number of thioether (sulfide) groups is 1. The van der Waals surface area contributed by atoms with E-state index in [1.54, 1.807) is 43.1 Å². The van der Waals surface area contributed by atoms with E-state index in [9.17, 15) is 19.2 Å². The van der Waals surface area contributed by atoms with Gasteiger partial charge in [0, 0.05) is 27.3 Å². The van der Waals surface area contributed by atoms with Crippen LogP contribution in [0, 0.1) is 29.6 Å². The fourth-order valence-corrected chi connectivity index (χ4v) is 11.7. The van der Waals surface area contributed by atoms with Crippen molar-refractivity contribution < 1.29 is 23.9 Å².